The zero-order valence-electron chi connectivity index (χ0n) is 14.7. The van der Waals surface area contributed by atoms with E-state index in [0.717, 1.165) is 0 Å². The molecule has 0 fully saturated rings. The van der Waals surface area contributed by atoms with Gasteiger partial charge in [0.25, 0.3) is 5.91 Å². The van der Waals surface area contributed by atoms with Crippen LogP contribution in [0, 0.1) is 0 Å². The summed E-state index contributed by atoms with van der Waals surface area (Å²) in [7, 11) is 0. The molecule has 0 spiro atoms. The van der Waals surface area contributed by atoms with Crippen molar-refractivity contribution in [2.24, 2.45) is 0 Å². The highest BCUT2D eigenvalue weighted by atomic mass is 16.2. The molecule has 0 radical (unpaired) electrons. The zero-order chi connectivity index (χ0) is 19.2. The van der Waals surface area contributed by atoms with Crippen LogP contribution in [-0.2, 0) is 4.79 Å². The van der Waals surface area contributed by atoms with Gasteiger partial charge in [-0.05, 0) is 24.3 Å². The Morgan fingerprint density at radius 2 is 1.26 bits per heavy atom. The summed E-state index contributed by atoms with van der Waals surface area (Å²) in [5, 5.41) is 5.44. The summed E-state index contributed by atoms with van der Waals surface area (Å²) in [6.45, 7) is 1.41. The number of carbonyl (C=O) groups is 3. The van der Waals surface area contributed by atoms with Gasteiger partial charge in [-0.3, -0.25) is 14.4 Å². The quantitative estimate of drug-likeness (QED) is 0.674. The molecule has 3 aromatic rings. The number of anilines is 2. The molecule has 0 aromatic heterocycles. The lowest BCUT2D eigenvalue weighted by atomic mass is 9.98. The summed E-state index contributed by atoms with van der Waals surface area (Å²) in [6, 6.07) is 22.3. The average Bonchev–Trinajstić information content (AvgIpc) is 2.68. The SMILES string of the molecule is CC(=O)Nc1cccc(NC(=O)c2ccccc2C(=O)c2ccccc2)c1. The maximum absolute atomic E-state index is 12.8. The van der Waals surface area contributed by atoms with E-state index in [9.17, 15) is 14.4 Å². The van der Waals surface area contributed by atoms with Crippen LogP contribution < -0.4 is 10.6 Å². The lowest BCUT2D eigenvalue weighted by Crippen LogP contribution is -2.17. The summed E-state index contributed by atoms with van der Waals surface area (Å²) < 4.78 is 0. The van der Waals surface area contributed by atoms with Crippen LogP contribution in [0.15, 0.2) is 78.9 Å². The Morgan fingerprint density at radius 3 is 1.93 bits per heavy atom. The molecule has 5 nitrogen and oxygen atoms in total. The molecule has 2 N–H and O–H groups in total. The Balaban J connectivity index is 1.86. The lowest BCUT2D eigenvalue weighted by molar-refractivity contribution is -0.114. The van der Waals surface area contributed by atoms with E-state index in [0.29, 0.717) is 22.5 Å². The molecular formula is C22H18N2O3. The van der Waals surface area contributed by atoms with Gasteiger partial charge in [0, 0.05) is 29.4 Å². The molecular weight excluding hydrogens is 340 g/mol. The van der Waals surface area contributed by atoms with Gasteiger partial charge in [-0.1, -0.05) is 54.6 Å². The monoisotopic (exact) mass is 358 g/mol. The molecule has 3 rings (SSSR count). The second-order valence-electron chi connectivity index (χ2n) is 5.96. The van der Waals surface area contributed by atoms with Gasteiger partial charge >= 0.3 is 0 Å². The second kappa shape index (κ2) is 8.10. The minimum Gasteiger partial charge on any atom is -0.326 e. The fourth-order valence-corrected chi connectivity index (χ4v) is 2.70. The van der Waals surface area contributed by atoms with E-state index in [1.54, 1.807) is 72.8 Å². The predicted molar refractivity (Wildman–Crippen MR) is 105 cm³/mol. The van der Waals surface area contributed by atoms with Gasteiger partial charge in [0.15, 0.2) is 5.78 Å². The van der Waals surface area contributed by atoms with E-state index in [1.807, 2.05) is 6.07 Å². The summed E-state index contributed by atoms with van der Waals surface area (Å²) in [4.78, 5) is 36.7. The largest absolute Gasteiger partial charge is 0.326 e. The fraction of sp³-hybridized carbons (Fsp3) is 0.0455. The highest BCUT2D eigenvalue weighted by Crippen LogP contribution is 2.19. The van der Waals surface area contributed by atoms with Crippen molar-refractivity contribution >= 4 is 29.0 Å². The average molecular weight is 358 g/mol. The topological polar surface area (TPSA) is 75.3 Å². The summed E-state index contributed by atoms with van der Waals surface area (Å²) in [6.07, 6.45) is 0. The van der Waals surface area contributed by atoms with E-state index in [1.165, 1.54) is 6.92 Å². The van der Waals surface area contributed by atoms with Crippen molar-refractivity contribution in [2.45, 2.75) is 6.92 Å². The highest BCUT2D eigenvalue weighted by molar-refractivity contribution is 6.17. The number of ketones is 1. The van der Waals surface area contributed by atoms with Crippen molar-refractivity contribution in [3.63, 3.8) is 0 Å². The third kappa shape index (κ3) is 4.46. The van der Waals surface area contributed by atoms with E-state index < -0.39 is 5.91 Å². The molecule has 5 heteroatoms. The lowest BCUT2D eigenvalue weighted by Gasteiger charge is -2.11. The Bertz CT molecular complexity index is 997. The van der Waals surface area contributed by atoms with Crippen molar-refractivity contribution < 1.29 is 14.4 Å². The first kappa shape index (κ1) is 18.1. The first-order chi connectivity index (χ1) is 13.0. The van der Waals surface area contributed by atoms with E-state index in [4.69, 9.17) is 0 Å². The first-order valence-electron chi connectivity index (χ1n) is 8.42. The summed E-state index contributed by atoms with van der Waals surface area (Å²) >= 11 is 0. The molecule has 0 aliphatic carbocycles. The molecule has 0 heterocycles. The molecule has 0 bridgehead atoms. The molecule has 0 unspecified atom stereocenters. The number of nitrogens with one attached hydrogen (secondary N) is 2. The van der Waals surface area contributed by atoms with Crippen LogP contribution in [0.5, 0.6) is 0 Å². The molecule has 2 amide bonds. The van der Waals surface area contributed by atoms with Crippen molar-refractivity contribution in [1.82, 2.24) is 0 Å². The minimum absolute atomic E-state index is 0.197. The third-order valence-electron chi connectivity index (χ3n) is 3.89. The number of hydrogen-bond donors (Lipinski definition) is 2. The summed E-state index contributed by atoms with van der Waals surface area (Å²) in [5.41, 5.74) is 2.24. The molecule has 0 aliphatic heterocycles. The number of carbonyl (C=O) groups excluding carboxylic acids is 3. The van der Waals surface area contributed by atoms with Gasteiger partial charge in [0.1, 0.15) is 0 Å². The van der Waals surface area contributed by atoms with Gasteiger partial charge in [0.2, 0.25) is 5.91 Å². The molecule has 27 heavy (non-hydrogen) atoms. The predicted octanol–water partition coefficient (Wildman–Crippen LogP) is 4.13. The first-order valence-corrected chi connectivity index (χ1v) is 8.42. The molecule has 134 valence electrons. The van der Waals surface area contributed by atoms with Crippen LogP contribution in [0.4, 0.5) is 11.4 Å². The van der Waals surface area contributed by atoms with Crippen LogP contribution in [0.1, 0.15) is 33.2 Å². The van der Waals surface area contributed by atoms with Crippen LogP contribution in [-0.4, -0.2) is 17.6 Å². The molecule has 0 atom stereocenters. The van der Waals surface area contributed by atoms with Crippen LogP contribution in [0.25, 0.3) is 0 Å². The number of rotatable bonds is 5. The molecule has 3 aromatic carbocycles. The molecule has 0 aliphatic rings. The van der Waals surface area contributed by atoms with Gasteiger partial charge in [0.05, 0.1) is 5.56 Å². The maximum atomic E-state index is 12.8. The normalized spacial score (nSPS) is 10.1. The minimum atomic E-state index is -0.394. The van der Waals surface area contributed by atoms with E-state index >= 15 is 0 Å². The highest BCUT2D eigenvalue weighted by Gasteiger charge is 2.18. The number of benzene rings is 3. The van der Waals surface area contributed by atoms with Crippen molar-refractivity contribution in [3.05, 3.63) is 95.6 Å². The maximum Gasteiger partial charge on any atom is 0.256 e. The summed E-state index contributed by atoms with van der Waals surface area (Å²) in [5.74, 6) is -0.805. The Morgan fingerprint density at radius 1 is 0.667 bits per heavy atom. The van der Waals surface area contributed by atoms with Crippen LogP contribution in [0.3, 0.4) is 0 Å². The van der Waals surface area contributed by atoms with E-state index in [2.05, 4.69) is 10.6 Å². The van der Waals surface area contributed by atoms with Gasteiger partial charge < -0.3 is 10.6 Å². The van der Waals surface area contributed by atoms with Crippen molar-refractivity contribution in [3.8, 4) is 0 Å². The zero-order valence-corrected chi connectivity index (χ0v) is 14.7. The second-order valence-corrected chi connectivity index (χ2v) is 5.96. The number of amides is 2. The smallest absolute Gasteiger partial charge is 0.256 e. The Kier molecular flexibility index (Phi) is 5.42. The van der Waals surface area contributed by atoms with Gasteiger partial charge in [-0.25, -0.2) is 0 Å². The Labute approximate surface area is 157 Å². The van der Waals surface area contributed by atoms with Crippen molar-refractivity contribution in [1.29, 1.82) is 0 Å². The van der Waals surface area contributed by atoms with Crippen molar-refractivity contribution in [2.75, 3.05) is 10.6 Å². The molecule has 0 saturated heterocycles. The van der Waals surface area contributed by atoms with E-state index in [-0.39, 0.29) is 17.3 Å². The molecule has 0 saturated carbocycles. The van der Waals surface area contributed by atoms with Gasteiger partial charge in [-0.15, -0.1) is 0 Å². The van der Waals surface area contributed by atoms with Gasteiger partial charge in [-0.2, -0.15) is 0 Å². The van der Waals surface area contributed by atoms with Crippen LogP contribution in [0.2, 0.25) is 0 Å². The number of hydrogen-bond acceptors (Lipinski definition) is 3. The fourth-order valence-electron chi connectivity index (χ4n) is 2.70. The van der Waals surface area contributed by atoms with Crippen LogP contribution >= 0.6 is 0 Å². The third-order valence-corrected chi connectivity index (χ3v) is 3.89. The standard InChI is InChI=1S/C22H18N2O3/c1-15(25)23-17-10-7-11-18(14-17)24-22(27)20-13-6-5-12-19(20)21(26)16-8-3-2-4-9-16/h2-14H,1H3,(H,23,25)(H,24,27). The Hall–Kier alpha value is -3.73.